The fourth-order valence-corrected chi connectivity index (χ4v) is 2.99. The van der Waals surface area contributed by atoms with E-state index in [0.29, 0.717) is 12.7 Å². The molecule has 0 spiro atoms. The van der Waals surface area contributed by atoms with Gasteiger partial charge in [0.15, 0.2) is 0 Å². The van der Waals surface area contributed by atoms with Crippen LogP contribution in [-0.4, -0.2) is 29.2 Å². The first-order chi connectivity index (χ1) is 10.3. The van der Waals surface area contributed by atoms with Gasteiger partial charge in [-0.25, -0.2) is 9.97 Å². The predicted molar refractivity (Wildman–Crippen MR) is 85.9 cm³/mol. The number of anilines is 1. The second-order valence-corrected chi connectivity index (χ2v) is 5.75. The number of aromatic nitrogens is 2. The van der Waals surface area contributed by atoms with Crippen LogP contribution in [0.4, 0.5) is 5.82 Å². The molecule has 5 heteroatoms. The van der Waals surface area contributed by atoms with Gasteiger partial charge in [0.25, 0.3) is 0 Å². The highest BCUT2D eigenvalue weighted by molar-refractivity contribution is 6.28. The maximum absolute atomic E-state index is 5.96. The molecule has 1 aliphatic rings. The standard InChI is InChI=1S/C16H20ClN3O/c17-16-19-14-9-5-4-8-13(14)15(20-16)18-10-11-21-12-6-2-1-3-7-12/h4-5,8-9,12H,1-3,6-7,10-11H2,(H,18,19,20). The summed E-state index contributed by atoms with van der Waals surface area (Å²) in [5.74, 6) is 0.776. The van der Waals surface area contributed by atoms with Crippen LogP contribution in [0.15, 0.2) is 24.3 Å². The molecule has 3 rings (SSSR count). The minimum atomic E-state index is 0.268. The van der Waals surface area contributed by atoms with Gasteiger partial charge in [0, 0.05) is 11.9 Å². The summed E-state index contributed by atoms with van der Waals surface area (Å²) in [6.07, 6.45) is 6.77. The number of ether oxygens (including phenoxy) is 1. The number of nitrogens with one attached hydrogen (secondary N) is 1. The molecule has 1 saturated carbocycles. The number of rotatable bonds is 5. The van der Waals surface area contributed by atoms with Gasteiger partial charge < -0.3 is 10.1 Å². The van der Waals surface area contributed by atoms with Gasteiger partial charge in [0.05, 0.1) is 18.2 Å². The monoisotopic (exact) mass is 305 g/mol. The van der Waals surface area contributed by atoms with E-state index < -0.39 is 0 Å². The van der Waals surface area contributed by atoms with Crippen LogP contribution in [0.3, 0.4) is 0 Å². The molecule has 1 aliphatic carbocycles. The van der Waals surface area contributed by atoms with Crippen LogP contribution in [0.5, 0.6) is 0 Å². The summed E-state index contributed by atoms with van der Waals surface area (Å²) in [4.78, 5) is 8.49. The molecule has 0 amide bonds. The molecule has 112 valence electrons. The topological polar surface area (TPSA) is 47.0 Å². The van der Waals surface area contributed by atoms with Gasteiger partial charge >= 0.3 is 0 Å². The van der Waals surface area contributed by atoms with Crippen molar-refractivity contribution in [1.82, 2.24) is 9.97 Å². The summed E-state index contributed by atoms with van der Waals surface area (Å²) < 4.78 is 5.91. The average Bonchev–Trinajstić information content (AvgIpc) is 2.52. The summed E-state index contributed by atoms with van der Waals surface area (Å²) in [5, 5.41) is 4.56. The van der Waals surface area contributed by atoms with Crippen molar-refractivity contribution in [3.05, 3.63) is 29.5 Å². The number of hydrogen-bond acceptors (Lipinski definition) is 4. The van der Waals surface area contributed by atoms with Crippen molar-refractivity contribution in [2.45, 2.75) is 38.2 Å². The zero-order chi connectivity index (χ0) is 14.5. The van der Waals surface area contributed by atoms with E-state index in [1.54, 1.807) is 0 Å². The Morgan fingerprint density at radius 3 is 2.81 bits per heavy atom. The van der Waals surface area contributed by atoms with Crippen molar-refractivity contribution in [2.75, 3.05) is 18.5 Å². The van der Waals surface area contributed by atoms with Crippen molar-refractivity contribution in [3.63, 3.8) is 0 Å². The molecule has 21 heavy (non-hydrogen) atoms. The third-order valence-corrected chi connectivity index (χ3v) is 4.05. The van der Waals surface area contributed by atoms with Crippen molar-refractivity contribution in [2.24, 2.45) is 0 Å². The number of nitrogens with zero attached hydrogens (tertiary/aromatic N) is 2. The van der Waals surface area contributed by atoms with E-state index in [1.807, 2.05) is 24.3 Å². The van der Waals surface area contributed by atoms with Crippen LogP contribution < -0.4 is 5.32 Å². The summed E-state index contributed by atoms with van der Waals surface area (Å²) in [6, 6.07) is 7.85. The summed E-state index contributed by atoms with van der Waals surface area (Å²) in [6.45, 7) is 1.43. The first-order valence-electron chi connectivity index (χ1n) is 7.61. The summed E-state index contributed by atoms with van der Waals surface area (Å²) >= 11 is 5.96. The Hall–Kier alpha value is -1.39. The van der Waals surface area contributed by atoms with E-state index in [4.69, 9.17) is 16.3 Å². The van der Waals surface area contributed by atoms with Crippen LogP contribution in [0, 0.1) is 0 Å². The maximum Gasteiger partial charge on any atom is 0.224 e. The molecule has 1 aromatic carbocycles. The highest BCUT2D eigenvalue weighted by Gasteiger charge is 2.13. The van der Waals surface area contributed by atoms with E-state index in [9.17, 15) is 0 Å². The SMILES string of the molecule is Clc1nc(NCCOC2CCCCC2)c2ccccc2n1. The minimum absolute atomic E-state index is 0.268. The van der Waals surface area contributed by atoms with Crippen LogP contribution in [0.1, 0.15) is 32.1 Å². The van der Waals surface area contributed by atoms with Crippen molar-refractivity contribution in [3.8, 4) is 0 Å². The molecule has 4 nitrogen and oxygen atoms in total. The Kier molecular flexibility index (Phi) is 4.88. The molecule has 0 saturated heterocycles. The zero-order valence-electron chi connectivity index (χ0n) is 12.0. The lowest BCUT2D eigenvalue weighted by Crippen LogP contribution is -2.20. The zero-order valence-corrected chi connectivity index (χ0v) is 12.8. The number of halogens is 1. The molecule has 0 atom stereocenters. The molecule has 1 aromatic heterocycles. The van der Waals surface area contributed by atoms with Gasteiger partial charge in [-0.2, -0.15) is 0 Å². The molecular weight excluding hydrogens is 286 g/mol. The largest absolute Gasteiger partial charge is 0.376 e. The number of benzene rings is 1. The van der Waals surface area contributed by atoms with Crippen LogP contribution in [-0.2, 0) is 4.74 Å². The third kappa shape index (κ3) is 3.83. The number of hydrogen-bond donors (Lipinski definition) is 1. The summed E-state index contributed by atoms with van der Waals surface area (Å²) in [7, 11) is 0. The van der Waals surface area contributed by atoms with Gasteiger partial charge in [0.2, 0.25) is 5.28 Å². The number of fused-ring (bicyclic) bond motifs is 1. The first-order valence-corrected chi connectivity index (χ1v) is 7.98. The van der Waals surface area contributed by atoms with E-state index in [1.165, 1.54) is 32.1 Å². The molecule has 1 N–H and O–H groups in total. The van der Waals surface area contributed by atoms with Gasteiger partial charge in [-0.15, -0.1) is 0 Å². The smallest absolute Gasteiger partial charge is 0.224 e. The van der Waals surface area contributed by atoms with E-state index in [0.717, 1.165) is 23.3 Å². The Labute approximate surface area is 129 Å². The molecular formula is C16H20ClN3O. The van der Waals surface area contributed by atoms with Crippen molar-refractivity contribution < 1.29 is 4.74 Å². The van der Waals surface area contributed by atoms with Crippen LogP contribution in [0.2, 0.25) is 5.28 Å². The van der Waals surface area contributed by atoms with E-state index in [2.05, 4.69) is 15.3 Å². The highest BCUT2D eigenvalue weighted by Crippen LogP contribution is 2.22. The van der Waals surface area contributed by atoms with Gasteiger partial charge in [-0.1, -0.05) is 31.4 Å². The molecule has 0 bridgehead atoms. The molecule has 1 heterocycles. The third-order valence-electron chi connectivity index (χ3n) is 3.88. The fraction of sp³-hybridized carbons (Fsp3) is 0.500. The maximum atomic E-state index is 5.96. The van der Waals surface area contributed by atoms with Gasteiger partial charge in [-0.05, 0) is 36.6 Å². The van der Waals surface area contributed by atoms with Crippen LogP contribution >= 0.6 is 11.6 Å². The van der Waals surface area contributed by atoms with E-state index >= 15 is 0 Å². The predicted octanol–water partition coefficient (Wildman–Crippen LogP) is 4.04. The molecule has 2 aromatic rings. The molecule has 0 radical (unpaired) electrons. The Morgan fingerprint density at radius 1 is 1.14 bits per heavy atom. The summed E-state index contributed by atoms with van der Waals surface area (Å²) in [5.41, 5.74) is 0.855. The Morgan fingerprint density at radius 2 is 1.95 bits per heavy atom. The van der Waals surface area contributed by atoms with Gasteiger partial charge in [0.1, 0.15) is 5.82 Å². The molecule has 1 fully saturated rings. The Bertz CT molecular complexity index is 599. The lowest BCUT2D eigenvalue weighted by Gasteiger charge is -2.22. The fourth-order valence-electron chi connectivity index (χ4n) is 2.81. The Balaban J connectivity index is 1.57. The second-order valence-electron chi connectivity index (χ2n) is 5.42. The normalized spacial score (nSPS) is 16.2. The molecule has 0 aliphatic heterocycles. The average molecular weight is 306 g/mol. The first kappa shape index (κ1) is 14.5. The minimum Gasteiger partial charge on any atom is -0.376 e. The molecule has 0 unspecified atom stereocenters. The second kappa shape index (κ2) is 7.05. The van der Waals surface area contributed by atoms with E-state index in [-0.39, 0.29) is 5.28 Å². The quantitative estimate of drug-likeness (QED) is 0.669. The van der Waals surface area contributed by atoms with Gasteiger partial charge in [-0.3, -0.25) is 0 Å². The lowest BCUT2D eigenvalue weighted by atomic mass is 9.98. The van der Waals surface area contributed by atoms with Crippen molar-refractivity contribution in [1.29, 1.82) is 0 Å². The lowest BCUT2D eigenvalue weighted by molar-refractivity contribution is 0.0347. The van der Waals surface area contributed by atoms with Crippen molar-refractivity contribution >= 4 is 28.3 Å². The number of para-hydroxylation sites is 1. The highest BCUT2D eigenvalue weighted by atomic mass is 35.5. The van der Waals surface area contributed by atoms with Crippen LogP contribution in [0.25, 0.3) is 10.9 Å².